The number of benzene rings is 1. The molecular formula is C19H29N3O2. The lowest BCUT2D eigenvalue weighted by molar-refractivity contribution is -0.156. The highest BCUT2D eigenvalue weighted by Gasteiger charge is 2.22. The van der Waals surface area contributed by atoms with Crippen LogP contribution in [0.4, 0.5) is 0 Å². The molecule has 0 heterocycles. The standard InChI is InChI=1S/C19H29N3O2/c1-7-21-17(22-13(2)3)15-10-8-14(9-11-15)12-16(20)18(23)24-19(4,5)6/h7-11,13,16H,12,20H2,1-6H3/t16-/m0/s1. The second-order valence-corrected chi connectivity index (χ2v) is 6.97. The highest BCUT2D eigenvalue weighted by molar-refractivity contribution is 6.02. The van der Waals surface area contributed by atoms with E-state index in [2.05, 4.69) is 9.98 Å². The third-order valence-corrected chi connectivity index (χ3v) is 3.01. The second-order valence-electron chi connectivity index (χ2n) is 6.97. The van der Waals surface area contributed by atoms with Gasteiger partial charge in [0.15, 0.2) is 5.84 Å². The van der Waals surface area contributed by atoms with Crippen molar-refractivity contribution in [2.24, 2.45) is 15.7 Å². The molecule has 0 radical (unpaired) electrons. The third kappa shape index (κ3) is 7.04. The van der Waals surface area contributed by atoms with Gasteiger partial charge < -0.3 is 10.5 Å². The van der Waals surface area contributed by atoms with E-state index in [-0.39, 0.29) is 12.0 Å². The fourth-order valence-corrected chi connectivity index (χ4v) is 2.05. The van der Waals surface area contributed by atoms with Gasteiger partial charge in [-0.3, -0.25) is 9.79 Å². The molecule has 1 aromatic carbocycles. The van der Waals surface area contributed by atoms with Crippen LogP contribution in [0.2, 0.25) is 0 Å². The van der Waals surface area contributed by atoms with Crippen molar-refractivity contribution in [3.05, 3.63) is 35.4 Å². The molecule has 0 saturated carbocycles. The largest absolute Gasteiger partial charge is 0.459 e. The van der Waals surface area contributed by atoms with Crippen LogP contribution in [0.1, 0.15) is 52.7 Å². The zero-order valence-corrected chi connectivity index (χ0v) is 15.5. The summed E-state index contributed by atoms with van der Waals surface area (Å²) in [7, 11) is 0. The van der Waals surface area contributed by atoms with Crippen LogP contribution in [0, 0.1) is 0 Å². The summed E-state index contributed by atoms with van der Waals surface area (Å²) >= 11 is 0. The molecule has 0 aliphatic rings. The number of carbonyl (C=O) groups excluding carboxylic acids is 1. The summed E-state index contributed by atoms with van der Waals surface area (Å²) in [5.41, 5.74) is 7.33. The lowest BCUT2D eigenvalue weighted by atomic mass is 10.0. The van der Waals surface area contributed by atoms with Gasteiger partial charge in [-0.2, -0.15) is 0 Å². The summed E-state index contributed by atoms with van der Waals surface area (Å²) in [6, 6.07) is 7.29. The number of nitrogens with two attached hydrogens (primary N) is 1. The molecule has 1 atom stereocenters. The predicted octanol–water partition coefficient (Wildman–Crippen LogP) is 3.14. The number of amidine groups is 1. The van der Waals surface area contributed by atoms with Crippen LogP contribution in [0.25, 0.3) is 0 Å². The van der Waals surface area contributed by atoms with Crippen LogP contribution >= 0.6 is 0 Å². The third-order valence-electron chi connectivity index (χ3n) is 3.01. The molecule has 1 rings (SSSR count). The molecule has 0 amide bonds. The molecule has 0 saturated heterocycles. The van der Waals surface area contributed by atoms with Crippen LogP contribution < -0.4 is 5.73 Å². The quantitative estimate of drug-likeness (QED) is 0.511. The maximum Gasteiger partial charge on any atom is 0.323 e. The van der Waals surface area contributed by atoms with Crippen LogP contribution in [0.5, 0.6) is 0 Å². The minimum atomic E-state index is -0.674. The predicted molar refractivity (Wildman–Crippen MR) is 99.8 cm³/mol. The van der Waals surface area contributed by atoms with Gasteiger partial charge in [0.1, 0.15) is 11.6 Å². The van der Waals surface area contributed by atoms with Crippen LogP contribution in [-0.2, 0) is 16.0 Å². The molecule has 1 aromatic rings. The van der Waals surface area contributed by atoms with E-state index in [9.17, 15) is 4.79 Å². The first-order valence-corrected chi connectivity index (χ1v) is 8.26. The van der Waals surface area contributed by atoms with E-state index in [1.807, 2.05) is 65.8 Å². The van der Waals surface area contributed by atoms with Crippen molar-refractivity contribution >= 4 is 18.0 Å². The summed E-state index contributed by atoms with van der Waals surface area (Å²) in [5, 5.41) is 0. The van der Waals surface area contributed by atoms with Gasteiger partial charge in [0.05, 0.1) is 0 Å². The summed E-state index contributed by atoms with van der Waals surface area (Å²) in [4.78, 5) is 20.8. The van der Waals surface area contributed by atoms with Gasteiger partial charge in [0, 0.05) is 17.8 Å². The molecule has 0 bridgehead atoms. The first kappa shape index (κ1) is 20.0. The number of ether oxygens (including phenoxy) is 1. The molecule has 0 spiro atoms. The fraction of sp³-hybridized carbons (Fsp3) is 0.526. The second kappa shape index (κ2) is 8.73. The van der Waals surface area contributed by atoms with Gasteiger partial charge in [0.2, 0.25) is 0 Å². The van der Waals surface area contributed by atoms with Crippen LogP contribution in [-0.4, -0.2) is 35.7 Å². The number of hydrogen-bond donors (Lipinski definition) is 1. The Morgan fingerprint density at radius 2 is 1.83 bits per heavy atom. The number of rotatable bonds is 5. The van der Waals surface area contributed by atoms with Gasteiger partial charge in [-0.1, -0.05) is 24.3 Å². The zero-order valence-electron chi connectivity index (χ0n) is 15.5. The molecule has 0 aliphatic heterocycles. The van der Waals surface area contributed by atoms with Crippen molar-refractivity contribution < 1.29 is 9.53 Å². The number of nitrogens with zero attached hydrogens (tertiary/aromatic N) is 2. The Bertz CT molecular complexity index is 596. The highest BCUT2D eigenvalue weighted by atomic mass is 16.6. The highest BCUT2D eigenvalue weighted by Crippen LogP contribution is 2.12. The Kier molecular flexibility index (Phi) is 7.29. The SMILES string of the molecule is CC=NC(=NC(C)C)c1ccc(C[C@H](N)C(=O)OC(C)(C)C)cc1. The molecular weight excluding hydrogens is 302 g/mol. The Labute approximate surface area is 145 Å². The number of hydrogen-bond acceptors (Lipinski definition) is 4. The summed E-state index contributed by atoms with van der Waals surface area (Å²) in [5.74, 6) is 0.319. The average molecular weight is 331 g/mol. The van der Waals surface area contributed by atoms with Crippen LogP contribution in [0.3, 0.4) is 0 Å². The Balaban J connectivity index is 2.82. The topological polar surface area (TPSA) is 77.0 Å². The Hall–Kier alpha value is -2.01. The number of carbonyl (C=O) groups is 1. The van der Waals surface area contributed by atoms with Gasteiger partial charge >= 0.3 is 5.97 Å². The van der Waals surface area contributed by atoms with Crippen molar-refractivity contribution in [3.8, 4) is 0 Å². The molecule has 5 nitrogen and oxygen atoms in total. The van der Waals surface area contributed by atoms with Crippen LogP contribution in [0.15, 0.2) is 34.3 Å². The van der Waals surface area contributed by atoms with E-state index >= 15 is 0 Å². The first-order valence-electron chi connectivity index (χ1n) is 8.26. The molecule has 24 heavy (non-hydrogen) atoms. The van der Waals surface area contributed by atoms with Crippen molar-refractivity contribution in [1.29, 1.82) is 0 Å². The lowest BCUT2D eigenvalue weighted by Gasteiger charge is -2.22. The fourth-order valence-electron chi connectivity index (χ4n) is 2.05. The summed E-state index contributed by atoms with van der Waals surface area (Å²) < 4.78 is 5.31. The monoisotopic (exact) mass is 331 g/mol. The average Bonchev–Trinajstić information content (AvgIpc) is 2.45. The van der Waals surface area contributed by atoms with Gasteiger partial charge in [0.25, 0.3) is 0 Å². The molecule has 2 N–H and O–H groups in total. The molecule has 0 fully saturated rings. The van der Waals surface area contributed by atoms with E-state index in [4.69, 9.17) is 10.5 Å². The smallest absolute Gasteiger partial charge is 0.323 e. The minimum absolute atomic E-state index is 0.170. The lowest BCUT2D eigenvalue weighted by Crippen LogP contribution is -2.38. The van der Waals surface area contributed by atoms with Gasteiger partial charge in [-0.15, -0.1) is 0 Å². The number of aliphatic imine (C=N–C) groups is 2. The molecule has 132 valence electrons. The summed E-state index contributed by atoms with van der Waals surface area (Å²) in [6.07, 6.45) is 2.16. The minimum Gasteiger partial charge on any atom is -0.459 e. The first-order chi connectivity index (χ1) is 11.1. The molecule has 0 aliphatic carbocycles. The van der Waals surface area contributed by atoms with Crippen molar-refractivity contribution in [1.82, 2.24) is 0 Å². The Morgan fingerprint density at radius 1 is 1.25 bits per heavy atom. The van der Waals surface area contributed by atoms with E-state index in [1.54, 1.807) is 6.21 Å². The van der Waals surface area contributed by atoms with Crippen molar-refractivity contribution in [3.63, 3.8) is 0 Å². The van der Waals surface area contributed by atoms with E-state index in [0.717, 1.165) is 11.1 Å². The number of esters is 1. The van der Waals surface area contributed by atoms with E-state index in [1.165, 1.54) is 0 Å². The molecule has 0 unspecified atom stereocenters. The zero-order chi connectivity index (χ0) is 18.3. The maximum atomic E-state index is 12.0. The Morgan fingerprint density at radius 3 is 2.29 bits per heavy atom. The normalized spacial score (nSPS) is 14.2. The van der Waals surface area contributed by atoms with Crippen molar-refractivity contribution in [2.75, 3.05) is 0 Å². The molecule has 0 aromatic heterocycles. The van der Waals surface area contributed by atoms with E-state index < -0.39 is 11.6 Å². The molecule has 5 heteroatoms. The summed E-state index contributed by atoms with van der Waals surface area (Å²) in [6.45, 7) is 11.4. The van der Waals surface area contributed by atoms with Crippen molar-refractivity contribution in [2.45, 2.75) is 65.6 Å². The van der Waals surface area contributed by atoms with Gasteiger partial charge in [-0.25, -0.2) is 4.99 Å². The maximum absolute atomic E-state index is 12.0. The van der Waals surface area contributed by atoms with Gasteiger partial charge in [-0.05, 0) is 53.5 Å². The van der Waals surface area contributed by atoms with E-state index in [0.29, 0.717) is 12.3 Å².